The zero-order valence-corrected chi connectivity index (χ0v) is 6.99. The van der Waals surface area contributed by atoms with Gasteiger partial charge >= 0.3 is 11.9 Å². The minimum Gasteiger partial charge on any atom is -0.481 e. The van der Waals surface area contributed by atoms with Gasteiger partial charge in [0.15, 0.2) is 0 Å². The second-order valence-electron chi connectivity index (χ2n) is 2.98. The van der Waals surface area contributed by atoms with Gasteiger partial charge in [-0.05, 0) is 24.5 Å². The summed E-state index contributed by atoms with van der Waals surface area (Å²) in [5.74, 6) is -2.56. The fourth-order valence-electron chi connectivity index (χ4n) is 1.33. The molecule has 1 unspecified atom stereocenters. The molecule has 0 heterocycles. The first-order valence-electron chi connectivity index (χ1n) is 3.88. The summed E-state index contributed by atoms with van der Waals surface area (Å²) < 4.78 is 0. The second-order valence-corrected chi connectivity index (χ2v) is 2.98. The Hall–Kier alpha value is -1.58. The van der Waals surface area contributed by atoms with Gasteiger partial charge in [0.2, 0.25) is 0 Å². The highest BCUT2D eigenvalue weighted by molar-refractivity contribution is 5.88. The third-order valence-corrected chi connectivity index (χ3v) is 2.08. The van der Waals surface area contributed by atoms with E-state index in [9.17, 15) is 9.59 Å². The normalized spacial score (nSPS) is 22.3. The van der Waals surface area contributed by atoms with E-state index < -0.39 is 17.9 Å². The molecular weight excluding hydrogens is 172 g/mol. The van der Waals surface area contributed by atoms with Gasteiger partial charge in [0.25, 0.3) is 0 Å². The first-order chi connectivity index (χ1) is 6.02. The van der Waals surface area contributed by atoms with Crippen molar-refractivity contribution in [2.45, 2.75) is 12.8 Å². The average molecular weight is 182 g/mol. The Morgan fingerprint density at radius 3 is 2.46 bits per heavy atom. The van der Waals surface area contributed by atoms with Crippen LogP contribution >= 0.6 is 0 Å². The molecule has 13 heavy (non-hydrogen) atoms. The van der Waals surface area contributed by atoms with E-state index in [0.717, 1.165) is 0 Å². The first kappa shape index (κ1) is 9.51. The lowest BCUT2D eigenvalue weighted by molar-refractivity contribution is -0.141. The van der Waals surface area contributed by atoms with Crippen LogP contribution in [0.2, 0.25) is 0 Å². The average Bonchev–Trinajstić information content (AvgIpc) is 2.03. The van der Waals surface area contributed by atoms with Crippen LogP contribution in [0.25, 0.3) is 0 Å². The van der Waals surface area contributed by atoms with Crippen LogP contribution in [0.5, 0.6) is 0 Å². The van der Waals surface area contributed by atoms with Crippen molar-refractivity contribution in [2.75, 3.05) is 0 Å². The molecule has 0 saturated carbocycles. The Morgan fingerprint density at radius 2 is 2.08 bits per heavy atom. The molecule has 0 radical (unpaired) electrons. The number of hydrogen-bond acceptors (Lipinski definition) is 2. The monoisotopic (exact) mass is 182 g/mol. The fourth-order valence-corrected chi connectivity index (χ4v) is 1.33. The minimum absolute atomic E-state index is 0.238. The van der Waals surface area contributed by atoms with Crippen LogP contribution in [0, 0.1) is 5.92 Å². The standard InChI is InChI=1S/C9H10O4/c1-5-4-6(8(10)11)2-3-7(5)9(12)13/h4,7H,1-3H2,(H,10,11)(H,12,13). The van der Waals surface area contributed by atoms with E-state index in [4.69, 9.17) is 10.2 Å². The number of carbonyl (C=O) groups is 2. The fraction of sp³-hybridized carbons (Fsp3) is 0.333. The van der Waals surface area contributed by atoms with Crippen molar-refractivity contribution in [3.05, 3.63) is 23.8 Å². The van der Waals surface area contributed by atoms with Gasteiger partial charge in [-0.2, -0.15) is 0 Å². The van der Waals surface area contributed by atoms with Crippen LogP contribution in [0.15, 0.2) is 23.8 Å². The molecule has 1 aliphatic rings. The summed E-state index contributed by atoms with van der Waals surface area (Å²) in [5.41, 5.74) is 0.610. The molecule has 0 aromatic carbocycles. The molecular formula is C9H10O4. The van der Waals surface area contributed by atoms with E-state index in [0.29, 0.717) is 18.4 Å². The lowest BCUT2D eigenvalue weighted by atomic mass is 9.86. The first-order valence-corrected chi connectivity index (χ1v) is 3.88. The van der Waals surface area contributed by atoms with Crippen molar-refractivity contribution in [1.29, 1.82) is 0 Å². The van der Waals surface area contributed by atoms with Crippen LogP contribution in [0.4, 0.5) is 0 Å². The lowest BCUT2D eigenvalue weighted by Gasteiger charge is -2.18. The zero-order valence-electron chi connectivity index (χ0n) is 6.99. The van der Waals surface area contributed by atoms with Crippen LogP contribution < -0.4 is 0 Å². The quantitative estimate of drug-likeness (QED) is 0.669. The number of aliphatic carboxylic acids is 2. The third kappa shape index (κ3) is 1.96. The van der Waals surface area contributed by atoms with Crippen molar-refractivity contribution in [3.8, 4) is 0 Å². The Kier molecular flexibility index (Phi) is 2.51. The summed E-state index contributed by atoms with van der Waals surface area (Å²) >= 11 is 0. The van der Waals surface area contributed by atoms with Crippen molar-refractivity contribution >= 4 is 11.9 Å². The molecule has 0 fully saturated rings. The molecule has 0 aromatic rings. The van der Waals surface area contributed by atoms with Gasteiger partial charge in [-0.25, -0.2) is 4.79 Å². The van der Waals surface area contributed by atoms with Crippen LogP contribution in [0.1, 0.15) is 12.8 Å². The topological polar surface area (TPSA) is 74.6 Å². The molecule has 70 valence electrons. The molecule has 4 nitrogen and oxygen atoms in total. The minimum atomic E-state index is -0.995. The highest BCUT2D eigenvalue weighted by Crippen LogP contribution is 2.27. The van der Waals surface area contributed by atoms with Gasteiger partial charge in [0.05, 0.1) is 5.92 Å². The third-order valence-electron chi connectivity index (χ3n) is 2.08. The van der Waals surface area contributed by atoms with Crippen LogP contribution in [-0.2, 0) is 9.59 Å². The molecule has 0 amide bonds. The maximum absolute atomic E-state index is 10.6. The Labute approximate surface area is 75.2 Å². The molecule has 0 aromatic heterocycles. The number of rotatable bonds is 2. The van der Waals surface area contributed by atoms with Crippen molar-refractivity contribution < 1.29 is 19.8 Å². The summed E-state index contributed by atoms with van der Waals surface area (Å²) in [6.45, 7) is 3.53. The summed E-state index contributed by atoms with van der Waals surface area (Å²) in [4.78, 5) is 21.1. The highest BCUT2D eigenvalue weighted by atomic mass is 16.4. The Balaban J connectivity index is 2.83. The molecule has 0 aliphatic heterocycles. The van der Waals surface area contributed by atoms with Gasteiger partial charge in [-0.15, -0.1) is 0 Å². The van der Waals surface area contributed by atoms with Gasteiger partial charge in [0, 0.05) is 5.57 Å². The predicted octanol–water partition coefficient (Wildman–Crippen LogP) is 1.05. The smallest absolute Gasteiger partial charge is 0.331 e. The number of carboxylic acids is 2. The Bertz CT molecular complexity index is 301. The largest absolute Gasteiger partial charge is 0.481 e. The molecule has 0 spiro atoms. The van der Waals surface area contributed by atoms with Crippen LogP contribution in [-0.4, -0.2) is 22.2 Å². The Morgan fingerprint density at radius 1 is 1.46 bits per heavy atom. The maximum atomic E-state index is 10.6. The zero-order chi connectivity index (χ0) is 10.0. The summed E-state index contributed by atoms with van der Waals surface area (Å²) in [7, 11) is 0. The van der Waals surface area contributed by atoms with Crippen molar-refractivity contribution in [1.82, 2.24) is 0 Å². The van der Waals surface area contributed by atoms with Gasteiger partial charge in [0.1, 0.15) is 0 Å². The highest BCUT2D eigenvalue weighted by Gasteiger charge is 2.25. The molecule has 0 saturated heterocycles. The van der Waals surface area contributed by atoms with Gasteiger partial charge in [-0.1, -0.05) is 6.58 Å². The summed E-state index contributed by atoms with van der Waals surface area (Å²) in [6.07, 6.45) is 1.97. The number of allylic oxidation sites excluding steroid dienone is 1. The maximum Gasteiger partial charge on any atom is 0.331 e. The molecule has 1 rings (SSSR count). The predicted molar refractivity (Wildman–Crippen MR) is 45.2 cm³/mol. The van der Waals surface area contributed by atoms with E-state index in [2.05, 4.69) is 6.58 Å². The molecule has 1 aliphatic carbocycles. The molecule has 0 bridgehead atoms. The van der Waals surface area contributed by atoms with Crippen molar-refractivity contribution in [2.24, 2.45) is 5.92 Å². The lowest BCUT2D eigenvalue weighted by Crippen LogP contribution is -2.20. The molecule has 1 atom stereocenters. The van der Waals surface area contributed by atoms with E-state index in [1.54, 1.807) is 0 Å². The van der Waals surface area contributed by atoms with E-state index in [1.165, 1.54) is 6.08 Å². The van der Waals surface area contributed by atoms with Gasteiger partial charge in [-0.3, -0.25) is 4.79 Å². The van der Waals surface area contributed by atoms with Crippen LogP contribution in [0.3, 0.4) is 0 Å². The SMILES string of the molecule is C=C1C=C(C(=O)O)CCC1C(=O)O. The van der Waals surface area contributed by atoms with Gasteiger partial charge < -0.3 is 10.2 Å². The summed E-state index contributed by atoms with van der Waals surface area (Å²) in [6, 6.07) is 0. The van der Waals surface area contributed by atoms with Crippen molar-refractivity contribution in [3.63, 3.8) is 0 Å². The van der Waals surface area contributed by atoms with E-state index in [1.807, 2.05) is 0 Å². The molecule has 4 heteroatoms. The number of hydrogen-bond donors (Lipinski definition) is 2. The van der Waals surface area contributed by atoms with E-state index >= 15 is 0 Å². The summed E-state index contributed by atoms with van der Waals surface area (Å²) in [5, 5.41) is 17.3. The number of carboxylic acid groups (broad SMARTS) is 2. The molecule has 2 N–H and O–H groups in total. The van der Waals surface area contributed by atoms with E-state index in [-0.39, 0.29) is 5.57 Å². The second kappa shape index (κ2) is 3.43.